The van der Waals surface area contributed by atoms with Gasteiger partial charge in [0, 0.05) is 23.3 Å². The maximum Gasteiger partial charge on any atom is 0.247 e. The maximum atomic E-state index is 13.7. The van der Waals surface area contributed by atoms with Gasteiger partial charge in [-0.25, -0.2) is 8.42 Å². The van der Waals surface area contributed by atoms with Crippen molar-refractivity contribution < 1.29 is 18.0 Å². The fourth-order valence-electron chi connectivity index (χ4n) is 4.61. The number of anilines is 1. The lowest BCUT2D eigenvalue weighted by molar-refractivity contribution is -0.133. The molecule has 1 saturated carbocycles. The number of benzene rings is 1. The average molecular weight is 484 g/mol. The van der Waals surface area contributed by atoms with Crippen LogP contribution in [0.4, 0.5) is 5.69 Å². The highest BCUT2D eigenvalue weighted by atomic mass is 35.5. The summed E-state index contributed by atoms with van der Waals surface area (Å²) in [6, 6.07) is 5.24. The minimum atomic E-state index is -3.64. The summed E-state index contributed by atoms with van der Waals surface area (Å²) in [4.78, 5) is 28.4. The summed E-state index contributed by atoms with van der Waals surface area (Å²) in [5, 5.41) is 3.63. The van der Waals surface area contributed by atoms with E-state index in [0.717, 1.165) is 48.4 Å². The molecule has 0 aromatic heterocycles. The van der Waals surface area contributed by atoms with Crippen LogP contribution in [0.2, 0.25) is 5.02 Å². The van der Waals surface area contributed by atoms with E-state index in [1.165, 1.54) is 18.2 Å². The normalized spacial score (nSPS) is 24.1. The summed E-state index contributed by atoms with van der Waals surface area (Å²) in [5.74, 6) is -0.899. The first-order chi connectivity index (χ1) is 15.1. The van der Waals surface area contributed by atoms with Crippen molar-refractivity contribution >= 4 is 39.1 Å². The fourth-order valence-corrected chi connectivity index (χ4v) is 5.91. The second-order valence-electron chi connectivity index (χ2n) is 9.12. The number of amides is 2. The second-order valence-corrected chi connectivity index (χ2v) is 11.8. The van der Waals surface area contributed by atoms with Crippen molar-refractivity contribution in [2.24, 2.45) is 0 Å². The molecule has 0 radical (unpaired) electrons. The predicted molar refractivity (Wildman–Crippen MR) is 127 cm³/mol. The molecule has 0 unspecified atom stereocenters. The standard InChI is InChI=1S/C23H34ClN3O4S/c1-4-32(30,31)26-15-21(28)27(19-13-12-17(2)20(24)14-19)23(3,16-26)22(29)25-18-10-8-6-5-7-9-11-18/h12-14,18H,4-11,15-16H2,1-3H3,(H,25,29)/t23-/m1/s1. The molecule has 2 fully saturated rings. The van der Waals surface area contributed by atoms with Crippen molar-refractivity contribution in [3.05, 3.63) is 28.8 Å². The molecule has 3 rings (SSSR count). The highest BCUT2D eigenvalue weighted by molar-refractivity contribution is 7.89. The SMILES string of the molecule is CCS(=O)(=O)N1CC(=O)N(c2ccc(C)c(Cl)c2)[C@@](C)(C(=O)NC2CCCCCCC2)C1. The van der Waals surface area contributed by atoms with Crippen LogP contribution in [-0.2, 0) is 19.6 Å². The number of nitrogens with one attached hydrogen (secondary N) is 1. The molecule has 1 aliphatic heterocycles. The van der Waals surface area contributed by atoms with Gasteiger partial charge in [0.05, 0.1) is 12.3 Å². The van der Waals surface area contributed by atoms with Crippen molar-refractivity contribution in [1.82, 2.24) is 9.62 Å². The summed E-state index contributed by atoms with van der Waals surface area (Å²) >= 11 is 6.32. The van der Waals surface area contributed by atoms with Crippen LogP contribution in [-0.4, -0.2) is 55.0 Å². The highest BCUT2D eigenvalue weighted by Gasteiger charge is 2.51. The van der Waals surface area contributed by atoms with Crippen LogP contribution in [0.1, 0.15) is 64.4 Å². The topological polar surface area (TPSA) is 86.8 Å². The molecule has 7 nitrogen and oxygen atoms in total. The molecule has 1 aromatic carbocycles. The molecule has 2 aliphatic rings. The Bertz CT molecular complexity index is 960. The van der Waals surface area contributed by atoms with Crippen LogP contribution in [0.25, 0.3) is 0 Å². The zero-order valence-electron chi connectivity index (χ0n) is 19.2. The number of piperazine rings is 1. The number of hydrogen-bond donors (Lipinski definition) is 1. The van der Waals surface area contributed by atoms with Crippen LogP contribution in [0.15, 0.2) is 18.2 Å². The molecule has 2 amide bonds. The summed E-state index contributed by atoms with van der Waals surface area (Å²) in [5.41, 5.74) is -0.0383. The van der Waals surface area contributed by atoms with E-state index < -0.39 is 21.5 Å². The number of sulfonamides is 1. The molecule has 1 aliphatic carbocycles. The summed E-state index contributed by atoms with van der Waals surface area (Å²) in [6.45, 7) is 4.65. The highest BCUT2D eigenvalue weighted by Crippen LogP contribution is 2.33. The van der Waals surface area contributed by atoms with Gasteiger partial charge in [0.15, 0.2) is 0 Å². The molecule has 0 spiro atoms. The summed E-state index contributed by atoms with van der Waals surface area (Å²) in [6.07, 6.45) is 7.41. The third kappa shape index (κ3) is 5.29. The molecular weight excluding hydrogens is 450 g/mol. The smallest absolute Gasteiger partial charge is 0.247 e. The van der Waals surface area contributed by atoms with Crippen molar-refractivity contribution in [3.63, 3.8) is 0 Å². The Morgan fingerprint density at radius 2 is 1.81 bits per heavy atom. The first-order valence-electron chi connectivity index (χ1n) is 11.5. The Balaban J connectivity index is 1.97. The van der Waals surface area contributed by atoms with E-state index in [2.05, 4.69) is 5.32 Å². The Hall–Kier alpha value is -1.64. The van der Waals surface area contributed by atoms with E-state index in [-0.39, 0.29) is 30.8 Å². The van der Waals surface area contributed by atoms with E-state index in [0.29, 0.717) is 10.7 Å². The molecule has 1 N–H and O–H groups in total. The number of nitrogens with zero attached hydrogens (tertiary/aromatic N) is 2. The van der Waals surface area contributed by atoms with E-state index in [4.69, 9.17) is 11.6 Å². The second kappa shape index (κ2) is 10.1. The Kier molecular flexibility index (Phi) is 7.89. The van der Waals surface area contributed by atoms with Crippen LogP contribution in [0, 0.1) is 6.92 Å². The van der Waals surface area contributed by atoms with E-state index in [1.54, 1.807) is 25.1 Å². The third-order valence-electron chi connectivity index (χ3n) is 6.64. The van der Waals surface area contributed by atoms with Gasteiger partial charge < -0.3 is 5.32 Å². The lowest BCUT2D eigenvalue weighted by atomic mass is 9.92. The zero-order chi connectivity index (χ0) is 23.5. The number of carbonyl (C=O) groups excluding carboxylic acids is 2. The van der Waals surface area contributed by atoms with Crippen LogP contribution >= 0.6 is 11.6 Å². The lowest BCUT2D eigenvalue weighted by Crippen LogP contribution is -2.71. The first kappa shape index (κ1) is 25.0. The van der Waals surface area contributed by atoms with Gasteiger partial charge in [-0.15, -0.1) is 0 Å². The van der Waals surface area contributed by atoms with E-state index in [9.17, 15) is 18.0 Å². The van der Waals surface area contributed by atoms with E-state index in [1.807, 2.05) is 6.92 Å². The molecule has 1 saturated heterocycles. The van der Waals surface area contributed by atoms with Crippen molar-refractivity contribution in [1.29, 1.82) is 0 Å². The molecule has 0 bridgehead atoms. The average Bonchev–Trinajstić information content (AvgIpc) is 2.71. The number of rotatable bonds is 5. The predicted octanol–water partition coefficient (Wildman–Crippen LogP) is 3.63. The fraction of sp³-hybridized carbons (Fsp3) is 0.652. The van der Waals surface area contributed by atoms with Crippen LogP contribution in [0.3, 0.4) is 0 Å². The van der Waals surface area contributed by atoms with Gasteiger partial charge >= 0.3 is 0 Å². The Morgan fingerprint density at radius 3 is 2.41 bits per heavy atom. The molecule has 178 valence electrons. The minimum Gasteiger partial charge on any atom is -0.351 e. The van der Waals surface area contributed by atoms with Gasteiger partial charge in [-0.1, -0.05) is 49.8 Å². The molecule has 1 heterocycles. The largest absolute Gasteiger partial charge is 0.351 e. The van der Waals surface area contributed by atoms with Crippen molar-refractivity contribution in [3.8, 4) is 0 Å². The summed E-state index contributed by atoms with van der Waals surface area (Å²) < 4.78 is 26.4. The van der Waals surface area contributed by atoms with E-state index >= 15 is 0 Å². The molecular formula is C23H34ClN3O4S. The first-order valence-corrected chi connectivity index (χ1v) is 13.4. The summed E-state index contributed by atoms with van der Waals surface area (Å²) in [7, 11) is -3.64. The van der Waals surface area contributed by atoms with Gasteiger partial charge in [0.25, 0.3) is 0 Å². The molecule has 1 atom stereocenters. The number of hydrogen-bond acceptors (Lipinski definition) is 4. The maximum absolute atomic E-state index is 13.7. The van der Waals surface area contributed by atoms with Crippen molar-refractivity contribution in [2.45, 2.75) is 77.3 Å². The van der Waals surface area contributed by atoms with Crippen LogP contribution < -0.4 is 10.2 Å². The van der Waals surface area contributed by atoms with Gasteiger partial charge in [-0.3, -0.25) is 14.5 Å². The number of carbonyl (C=O) groups is 2. The van der Waals surface area contributed by atoms with Gasteiger partial charge in [0.2, 0.25) is 21.8 Å². The zero-order valence-corrected chi connectivity index (χ0v) is 20.8. The Morgan fingerprint density at radius 1 is 1.19 bits per heavy atom. The van der Waals surface area contributed by atoms with Gasteiger partial charge in [0.1, 0.15) is 5.54 Å². The quantitative estimate of drug-likeness (QED) is 0.692. The third-order valence-corrected chi connectivity index (χ3v) is 8.82. The lowest BCUT2D eigenvalue weighted by Gasteiger charge is -2.47. The van der Waals surface area contributed by atoms with Gasteiger partial charge in [-0.05, 0) is 51.3 Å². The molecule has 32 heavy (non-hydrogen) atoms. The Labute approximate surface area is 196 Å². The monoisotopic (exact) mass is 483 g/mol. The van der Waals surface area contributed by atoms with Gasteiger partial charge in [-0.2, -0.15) is 4.31 Å². The number of aryl methyl sites for hydroxylation is 1. The molecule has 9 heteroatoms. The molecule has 1 aromatic rings. The van der Waals surface area contributed by atoms with Crippen molar-refractivity contribution in [2.75, 3.05) is 23.7 Å². The minimum absolute atomic E-state index is 0.0244. The number of halogens is 1. The van der Waals surface area contributed by atoms with Crippen LogP contribution in [0.5, 0.6) is 0 Å².